The average molecular weight is 403 g/mol. The molecule has 0 saturated carbocycles. The summed E-state index contributed by atoms with van der Waals surface area (Å²) in [4.78, 5) is 9.48. The molecular formula is C22H34N4O3. The third-order valence-corrected chi connectivity index (χ3v) is 5.78. The fourth-order valence-corrected chi connectivity index (χ4v) is 3.88. The van der Waals surface area contributed by atoms with Crippen molar-refractivity contribution in [3.8, 4) is 0 Å². The molecule has 29 heavy (non-hydrogen) atoms. The lowest BCUT2D eigenvalue weighted by Crippen LogP contribution is -2.36. The molecule has 7 heteroatoms. The molecule has 5 heterocycles. The topological polar surface area (TPSA) is 48.5 Å². The Hall–Kier alpha value is -1.64. The van der Waals surface area contributed by atoms with Crippen LogP contribution in [0, 0.1) is 0 Å². The molecular weight excluding hydrogens is 368 g/mol. The maximum atomic E-state index is 6.20. The molecule has 0 aliphatic carbocycles. The second-order valence-corrected chi connectivity index (χ2v) is 8.38. The molecule has 0 atom stereocenters. The first-order valence-corrected chi connectivity index (χ1v) is 10.7. The van der Waals surface area contributed by atoms with Gasteiger partial charge in [0.1, 0.15) is 23.0 Å². The highest BCUT2D eigenvalue weighted by Crippen LogP contribution is 2.20. The zero-order valence-electron chi connectivity index (χ0n) is 17.8. The lowest BCUT2D eigenvalue weighted by Gasteiger charge is -2.26. The van der Waals surface area contributed by atoms with Crippen molar-refractivity contribution in [1.29, 1.82) is 0 Å². The van der Waals surface area contributed by atoms with Crippen LogP contribution in [0.15, 0.2) is 33.1 Å². The smallest absolute Gasteiger partial charge is 0.118 e. The highest BCUT2D eigenvalue weighted by atomic mass is 16.5. The van der Waals surface area contributed by atoms with Crippen molar-refractivity contribution in [2.45, 2.75) is 26.2 Å². The number of furan rings is 2. The standard InChI is InChI=1S/C22H34N4O3/c1-23-7-9-25-15-19-3-5-21(28-19)17-26(18-22-6-4-20(16-25)29-22)10-8-24(2)12-14-27-13-11-23/h3-6H,7-18H2,1-2H3. The summed E-state index contributed by atoms with van der Waals surface area (Å²) in [5, 5.41) is 0. The quantitative estimate of drug-likeness (QED) is 0.626. The number of fused-ring (bicyclic) bond motifs is 10. The average Bonchev–Trinajstić information content (AvgIpc) is 3.32. The number of hydrogen-bond donors (Lipinski definition) is 0. The van der Waals surface area contributed by atoms with E-state index in [0.717, 1.165) is 102 Å². The van der Waals surface area contributed by atoms with Crippen LogP contribution in [0.2, 0.25) is 0 Å². The fraction of sp³-hybridized carbons (Fsp3) is 0.636. The molecule has 2 aromatic heterocycles. The summed E-state index contributed by atoms with van der Waals surface area (Å²) in [5.74, 6) is 4.10. The first-order valence-electron chi connectivity index (χ1n) is 10.7. The minimum Gasteiger partial charge on any atom is -0.463 e. The summed E-state index contributed by atoms with van der Waals surface area (Å²) in [6, 6.07) is 8.51. The van der Waals surface area contributed by atoms with Gasteiger partial charge in [-0.25, -0.2) is 0 Å². The Morgan fingerprint density at radius 2 is 0.931 bits per heavy atom. The lowest BCUT2D eigenvalue weighted by molar-refractivity contribution is 0.0839. The van der Waals surface area contributed by atoms with Crippen molar-refractivity contribution in [2.75, 3.05) is 66.6 Å². The van der Waals surface area contributed by atoms with Gasteiger partial charge < -0.3 is 23.4 Å². The van der Waals surface area contributed by atoms with Crippen molar-refractivity contribution in [3.05, 3.63) is 47.3 Å². The van der Waals surface area contributed by atoms with Crippen LogP contribution in [-0.4, -0.2) is 86.2 Å². The van der Waals surface area contributed by atoms with Gasteiger partial charge in [0.15, 0.2) is 0 Å². The van der Waals surface area contributed by atoms with Crippen molar-refractivity contribution >= 4 is 0 Å². The van der Waals surface area contributed by atoms with Gasteiger partial charge in [-0.05, 0) is 38.4 Å². The first-order chi connectivity index (χ1) is 14.1. The molecule has 160 valence electrons. The number of nitrogens with zero attached hydrogens (tertiary/aromatic N) is 4. The molecule has 0 saturated heterocycles. The van der Waals surface area contributed by atoms with Crippen LogP contribution < -0.4 is 0 Å². The molecule has 0 spiro atoms. The van der Waals surface area contributed by atoms with E-state index < -0.39 is 0 Å². The molecule has 0 fully saturated rings. The van der Waals surface area contributed by atoms with Crippen LogP contribution in [0.4, 0.5) is 0 Å². The second-order valence-electron chi connectivity index (χ2n) is 8.38. The van der Waals surface area contributed by atoms with Gasteiger partial charge >= 0.3 is 0 Å². The number of likely N-dealkylation sites (N-methyl/N-ethyl adjacent to an activating group) is 2. The summed E-state index contributed by atoms with van der Waals surface area (Å²) in [6.07, 6.45) is 0. The Balaban J connectivity index is 1.58. The monoisotopic (exact) mass is 402 g/mol. The van der Waals surface area contributed by atoms with E-state index in [4.69, 9.17) is 13.6 Å². The molecule has 0 radical (unpaired) electrons. The summed E-state index contributed by atoms with van der Waals surface area (Å²) in [7, 11) is 4.32. The highest BCUT2D eigenvalue weighted by Gasteiger charge is 2.18. The van der Waals surface area contributed by atoms with E-state index >= 15 is 0 Å². The van der Waals surface area contributed by atoms with E-state index in [1.807, 2.05) is 0 Å². The zero-order chi connectivity index (χ0) is 20.1. The van der Waals surface area contributed by atoms with Gasteiger partial charge in [0.05, 0.1) is 39.4 Å². The maximum Gasteiger partial charge on any atom is 0.118 e. The second kappa shape index (κ2) is 9.91. The van der Waals surface area contributed by atoms with Gasteiger partial charge in [0.2, 0.25) is 0 Å². The van der Waals surface area contributed by atoms with Gasteiger partial charge in [0, 0.05) is 39.3 Å². The summed E-state index contributed by atoms with van der Waals surface area (Å²) in [6.45, 7) is 10.5. The van der Waals surface area contributed by atoms with Crippen LogP contribution in [0.3, 0.4) is 0 Å². The van der Waals surface area contributed by atoms with Crippen LogP contribution >= 0.6 is 0 Å². The van der Waals surface area contributed by atoms with E-state index in [1.165, 1.54) is 0 Å². The molecule has 3 aliphatic rings. The molecule has 2 aromatic rings. The third-order valence-electron chi connectivity index (χ3n) is 5.78. The predicted molar refractivity (Wildman–Crippen MR) is 111 cm³/mol. The molecule has 6 bridgehead atoms. The van der Waals surface area contributed by atoms with Gasteiger partial charge in [-0.15, -0.1) is 0 Å². The van der Waals surface area contributed by atoms with E-state index in [0.29, 0.717) is 0 Å². The Morgan fingerprint density at radius 3 is 1.31 bits per heavy atom. The van der Waals surface area contributed by atoms with Crippen molar-refractivity contribution in [3.63, 3.8) is 0 Å². The number of ether oxygens (including phenoxy) is 1. The van der Waals surface area contributed by atoms with Crippen LogP contribution in [0.1, 0.15) is 23.0 Å². The van der Waals surface area contributed by atoms with E-state index in [-0.39, 0.29) is 0 Å². The summed E-state index contributed by atoms with van der Waals surface area (Å²) in [5.41, 5.74) is 0. The molecule has 0 N–H and O–H groups in total. The minimum atomic E-state index is 0.777. The summed E-state index contributed by atoms with van der Waals surface area (Å²) >= 11 is 0. The largest absolute Gasteiger partial charge is 0.463 e. The van der Waals surface area contributed by atoms with Crippen molar-refractivity contribution in [1.82, 2.24) is 19.6 Å². The van der Waals surface area contributed by atoms with Gasteiger partial charge in [0.25, 0.3) is 0 Å². The van der Waals surface area contributed by atoms with Crippen LogP contribution in [-0.2, 0) is 30.9 Å². The number of hydrogen-bond acceptors (Lipinski definition) is 7. The zero-order valence-corrected chi connectivity index (χ0v) is 17.8. The van der Waals surface area contributed by atoms with E-state index in [2.05, 4.69) is 58.0 Å². The Bertz CT molecular complexity index is 656. The van der Waals surface area contributed by atoms with Gasteiger partial charge in [-0.1, -0.05) is 0 Å². The van der Waals surface area contributed by atoms with E-state index in [1.54, 1.807) is 0 Å². The highest BCUT2D eigenvalue weighted by molar-refractivity contribution is 5.11. The van der Waals surface area contributed by atoms with Crippen molar-refractivity contribution < 1.29 is 13.6 Å². The minimum absolute atomic E-state index is 0.777. The molecule has 5 rings (SSSR count). The SMILES string of the molecule is CN1CCOCCN(C)CCN2Cc3ccc(o3)CN(CC1)Cc1ccc(o1)C2. The van der Waals surface area contributed by atoms with E-state index in [9.17, 15) is 0 Å². The first kappa shape index (κ1) is 20.6. The van der Waals surface area contributed by atoms with Crippen molar-refractivity contribution in [2.24, 2.45) is 0 Å². The Morgan fingerprint density at radius 1 is 0.552 bits per heavy atom. The van der Waals surface area contributed by atoms with Crippen LogP contribution in [0.25, 0.3) is 0 Å². The van der Waals surface area contributed by atoms with Crippen LogP contribution in [0.5, 0.6) is 0 Å². The third kappa shape index (κ3) is 6.17. The summed E-state index contributed by atoms with van der Waals surface area (Å²) < 4.78 is 18.3. The lowest BCUT2D eigenvalue weighted by atomic mass is 10.3. The Kier molecular flexibility index (Phi) is 7.05. The molecule has 3 aliphatic heterocycles. The van der Waals surface area contributed by atoms with Gasteiger partial charge in [-0.3, -0.25) is 9.80 Å². The molecule has 0 aromatic carbocycles. The molecule has 7 nitrogen and oxygen atoms in total. The maximum absolute atomic E-state index is 6.20. The number of rotatable bonds is 0. The molecule has 0 unspecified atom stereocenters. The predicted octanol–water partition coefficient (Wildman–Crippen LogP) is 2.08. The Labute approximate surface area is 173 Å². The fourth-order valence-electron chi connectivity index (χ4n) is 3.88. The van der Waals surface area contributed by atoms with Gasteiger partial charge in [-0.2, -0.15) is 0 Å². The normalized spacial score (nSPS) is 26.3. The molecule has 0 amide bonds.